The Kier molecular flexibility index (Phi) is 4.85. The molecule has 1 saturated heterocycles. The van der Waals surface area contributed by atoms with Crippen LogP contribution in [0.3, 0.4) is 0 Å². The van der Waals surface area contributed by atoms with Crippen molar-refractivity contribution in [1.82, 2.24) is 15.5 Å². The highest BCUT2D eigenvalue weighted by molar-refractivity contribution is 5.81. The van der Waals surface area contributed by atoms with E-state index >= 15 is 0 Å². The van der Waals surface area contributed by atoms with Crippen LogP contribution in [-0.2, 0) is 4.79 Å². The third-order valence-electron chi connectivity index (χ3n) is 4.66. The van der Waals surface area contributed by atoms with Crippen LogP contribution in [0.1, 0.15) is 52.9 Å². The molecule has 4 heteroatoms. The van der Waals surface area contributed by atoms with Crippen molar-refractivity contribution in [3.8, 4) is 0 Å². The normalized spacial score (nSPS) is 26.9. The van der Waals surface area contributed by atoms with E-state index in [0.717, 1.165) is 32.5 Å². The lowest BCUT2D eigenvalue weighted by atomic mass is 9.94. The molecule has 19 heavy (non-hydrogen) atoms. The Morgan fingerprint density at radius 2 is 2.00 bits per heavy atom. The molecule has 0 aromatic carbocycles. The Hall–Kier alpha value is -0.610. The van der Waals surface area contributed by atoms with E-state index in [0.29, 0.717) is 6.04 Å². The monoisotopic (exact) mass is 267 g/mol. The van der Waals surface area contributed by atoms with Crippen LogP contribution in [0.4, 0.5) is 0 Å². The zero-order valence-corrected chi connectivity index (χ0v) is 12.7. The number of carbonyl (C=O) groups excluding carboxylic acids is 1. The highest BCUT2D eigenvalue weighted by Crippen LogP contribution is 2.21. The molecule has 0 radical (unpaired) electrons. The summed E-state index contributed by atoms with van der Waals surface area (Å²) in [7, 11) is 0. The maximum Gasteiger partial charge on any atom is 0.237 e. The Labute approximate surface area is 117 Å². The molecule has 2 N–H and O–H groups in total. The zero-order chi connectivity index (χ0) is 13.9. The molecule has 0 spiro atoms. The van der Waals surface area contributed by atoms with Crippen LogP contribution >= 0.6 is 0 Å². The van der Waals surface area contributed by atoms with Gasteiger partial charge in [0, 0.05) is 31.2 Å². The Balaban J connectivity index is 1.90. The lowest BCUT2D eigenvalue weighted by molar-refractivity contribution is -0.129. The predicted octanol–water partition coefficient (Wildman–Crippen LogP) is 1.51. The smallest absolute Gasteiger partial charge is 0.237 e. The summed E-state index contributed by atoms with van der Waals surface area (Å²) in [6.07, 6.45) is 6.16. The quantitative estimate of drug-likeness (QED) is 0.814. The van der Waals surface area contributed by atoms with Crippen molar-refractivity contribution in [3.63, 3.8) is 0 Å². The third-order valence-corrected chi connectivity index (χ3v) is 4.66. The fourth-order valence-corrected chi connectivity index (χ4v) is 3.43. The highest BCUT2D eigenvalue weighted by atomic mass is 16.2. The van der Waals surface area contributed by atoms with Crippen LogP contribution in [0.2, 0.25) is 0 Å². The lowest BCUT2D eigenvalue weighted by Gasteiger charge is -2.45. The third kappa shape index (κ3) is 3.69. The van der Waals surface area contributed by atoms with Crippen LogP contribution < -0.4 is 10.6 Å². The first-order valence-electron chi connectivity index (χ1n) is 7.78. The van der Waals surface area contributed by atoms with Gasteiger partial charge in [0.1, 0.15) is 0 Å². The molecule has 0 aromatic heterocycles. The van der Waals surface area contributed by atoms with Crippen LogP contribution in [0.15, 0.2) is 0 Å². The van der Waals surface area contributed by atoms with Gasteiger partial charge in [0.2, 0.25) is 5.91 Å². The minimum Gasteiger partial charge on any atom is -0.352 e. The van der Waals surface area contributed by atoms with Gasteiger partial charge in [-0.1, -0.05) is 19.3 Å². The van der Waals surface area contributed by atoms with Gasteiger partial charge in [0.25, 0.3) is 0 Å². The largest absolute Gasteiger partial charge is 0.352 e. The number of nitrogens with one attached hydrogen (secondary N) is 2. The van der Waals surface area contributed by atoms with Gasteiger partial charge in [-0.2, -0.15) is 0 Å². The number of amides is 1. The lowest BCUT2D eigenvalue weighted by Crippen LogP contribution is -2.63. The van der Waals surface area contributed by atoms with Crippen molar-refractivity contribution in [2.75, 3.05) is 19.6 Å². The van der Waals surface area contributed by atoms with Gasteiger partial charge in [-0.25, -0.2) is 0 Å². The van der Waals surface area contributed by atoms with E-state index in [1.165, 1.54) is 19.3 Å². The number of rotatable bonds is 3. The summed E-state index contributed by atoms with van der Waals surface area (Å²) >= 11 is 0. The molecule has 2 rings (SSSR count). The maximum atomic E-state index is 12.4. The van der Waals surface area contributed by atoms with E-state index in [-0.39, 0.29) is 17.5 Å². The van der Waals surface area contributed by atoms with Gasteiger partial charge in [0.15, 0.2) is 0 Å². The van der Waals surface area contributed by atoms with Crippen LogP contribution in [-0.4, -0.2) is 48.1 Å². The summed E-state index contributed by atoms with van der Waals surface area (Å²) in [5.74, 6) is 0.210. The molecule has 2 fully saturated rings. The van der Waals surface area contributed by atoms with E-state index in [1.807, 2.05) is 6.92 Å². The van der Waals surface area contributed by atoms with E-state index in [2.05, 4.69) is 29.4 Å². The molecule has 1 saturated carbocycles. The van der Waals surface area contributed by atoms with E-state index in [9.17, 15) is 4.79 Å². The molecule has 1 amide bonds. The summed E-state index contributed by atoms with van der Waals surface area (Å²) < 4.78 is 0. The average molecular weight is 267 g/mol. The van der Waals surface area contributed by atoms with Gasteiger partial charge in [-0.15, -0.1) is 0 Å². The fourth-order valence-electron chi connectivity index (χ4n) is 3.43. The molecule has 0 aromatic rings. The van der Waals surface area contributed by atoms with Gasteiger partial charge >= 0.3 is 0 Å². The molecule has 4 nitrogen and oxygen atoms in total. The van der Waals surface area contributed by atoms with E-state index < -0.39 is 0 Å². The number of piperazine rings is 1. The summed E-state index contributed by atoms with van der Waals surface area (Å²) in [4.78, 5) is 14.8. The Morgan fingerprint density at radius 1 is 1.32 bits per heavy atom. The summed E-state index contributed by atoms with van der Waals surface area (Å²) in [5, 5.41) is 6.66. The van der Waals surface area contributed by atoms with Crippen LogP contribution in [0, 0.1) is 0 Å². The number of hydrogen-bond donors (Lipinski definition) is 2. The second-order valence-corrected chi connectivity index (χ2v) is 6.70. The predicted molar refractivity (Wildman–Crippen MR) is 78.1 cm³/mol. The van der Waals surface area contributed by atoms with Crippen LogP contribution in [0.5, 0.6) is 0 Å². The van der Waals surface area contributed by atoms with Gasteiger partial charge in [-0.05, 0) is 33.6 Å². The molecule has 2 aliphatic rings. The highest BCUT2D eigenvalue weighted by Gasteiger charge is 2.36. The van der Waals surface area contributed by atoms with Crippen molar-refractivity contribution < 1.29 is 4.79 Å². The topological polar surface area (TPSA) is 44.4 Å². The summed E-state index contributed by atoms with van der Waals surface area (Å²) in [6.45, 7) is 9.35. The van der Waals surface area contributed by atoms with Crippen molar-refractivity contribution in [2.24, 2.45) is 0 Å². The molecule has 1 unspecified atom stereocenters. The van der Waals surface area contributed by atoms with Gasteiger partial charge in [0.05, 0.1) is 6.04 Å². The van der Waals surface area contributed by atoms with Crippen molar-refractivity contribution in [3.05, 3.63) is 0 Å². The average Bonchev–Trinajstić information content (AvgIpc) is 2.38. The first kappa shape index (κ1) is 14.8. The number of hydrogen-bond acceptors (Lipinski definition) is 3. The molecule has 0 bridgehead atoms. The van der Waals surface area contributed by atoms with Crippen LogP contribution in [0.25, 0.3) is 0 Å². The molecule has 1 heterocycles. The zero-order valence-electron chi connectivity index (χ0n) is 12.7. The minimum absolute atomic E-state index is 0.0287. The number of nitrogens with zero attached hydrogens (tertiary/aromatic N) is 1. The maximum absolute atomic E-state index is 12.4. The molecular weight excluding hydrogens is 238 g/mol. The summed E-state index contributed by atoms with van der Waals surface area (Å²) in [6, 6.07) is 0.383. The standard InChI is InChI=1S/C15H29N3O/c1-12(18-10-9-16-11-15(18,2)3)14(19)17-13-7-5-4-6-8-13/h12-13,16H,4-11H2,1-3H3,(H,17,19). The Bertz CT molecular complexity index is 311. The molecule has 1 aliphatic heterocycles. The second kappa shape index (κ2) is 6.23. The molecule has 110 valence electrons. The molecule has 1 aliphatic carbocycles. The fraction of sp³-hybridized carbons (Fsp3) is 0.933. The minimum atomic E-state index is -0.0287. The first-order chi connectivity index (χ1) is 9.00. The Morgan fingerprint density at radius 3 is 2.63 bits per heavy atom. The van der Waals surface area contributed by atoms with Crippen molar-refractivity contribution in [1.29, 1.82) is 0 Å². The second-order valence-electron chi connectivity index (χ2n) is 6.70. The van der Waals surface area contributed by atoms with Crippen molar-refractivity contribution in [2.45, 2.75) is 70.5 Å². The van der Waals surface area contributed by atoms with Crippen molar-refractivity contribution >= 4 is 5.91 Å². The summed E-state index contributed by atoms with van der Waals surface area (Å²) in [5.41, 5.74) is 0.0571. The van der Waals surface area contributed by atoms with Gasteiger partial charge < -0.3 is 10.6 Å². The molecular formula is C15H29N3O. The number of carbonyl (C=O) groups is 1. The van der Waals surface area contributed by atoms with Gasteiger partial charge in [-0.3, -0.25) is 9.69 Å². The first-order valence-corrected chi connectivity index (χ1v) is 7.78. The van der Waals surface area contributed by atoms with E-state index in [1.54, 1.807) is 0 Å². The van der Waals surface area contributed by atoms with E-state index in [4.69, 9.17) is 0 Å². The SMILES string of the molecule is CC(C(=O)NC1CCCCC1)N1CCNCC1(C)C. The molecule has 1 atom stereocenters.